The third-order valence-corrected chi connectivity index (χ3v) is 4.50. The Kier molecular flexibility index (Phi) is 5.06. The molecule has 0 aliphatic carbocycles. The van der Waals surface area contributed by atoms with Crippen molar-refractivity contribution in [3.05, 3.63) is 64.2 Å². The van der Waals surface area contributed by atoms with E-state index < -0.39 is 0 Å². The number of hydrogen-bond donors (Lipinski definition) is 0. The molecule has 0 radical (unpaired) electrons. The summed E-state index contributed by atoms with van der Waals surface area (Å²) < 4.78 is 1.49. The zero-order valence-corrected chi connectivity index (χ0v) is 15.4. The smallest absolute Gasteiger partial charge is 0.265 e. The number of likely N-dealkylation sites (N-methyl/N-ethyl adjacent to an activating group) is 2. The molecule has 5 nitrogen and oxygen atoms in total. The van der Waals surface area contributed by atoms with E-state index >= 15 is 0 Å². The first-order valence-corrected chi connectivity index (χ1v) is 8.47. The summed E-state index contributed by atoms with van der Waals surface area (Å²) in [5, 5.41) is 1.10. The number of anilines is 1. The highest BCUT2D eigenvalue weighted by Crippen LogP contribution is 2.21. The predicted octanol–water partition coefficient (Wildman–Crippen LogP) is 3.04. The summed E-state index contributed by atoms with van der Waals surface area (Å²) in [4.78, 5) is 21.6. The second-order valence-electron chi connectivity index (χ2n) is 6.30. The molecule has 0 saturated heterocycles. The lowest BCUT2D eigenvalue weighted by molar-refractivity contribution is 0.416. The van der Waals surface area contributed by atoms with Gasteiger partial charge in [-0.3, -0.25) is 9.36 Å². The molecule has 0 atom stereocenters. The lowest BCUT2D eigenvalue weighted by Gasteiger charge is -2.21. The molecule has 1 aromatic heterocycles. The quantitative estimate of drug-likeness (QED) is 0.704. The van der Waals surface area contributed by atoms with Gasteiger partial charge in [-0.1, -0.05) is 23.7 Å². The van der Waals surface area contributed by atoms with Crippen molar-refractivity contribution in [3.8, 4) is 5.69 Å². The summed E-state index contributed by atoms with van der Waals surface area (Å²) in [6.45, 7) is 1.85. The molecule has 3 aromatic rings. The summed E-state index contributed by atoms with van der Waals surface area (Å²) in [6, 6.07) is 13.0. The Labute approximate surface area is 152 Å². The van der Waals surface area contributed by atoms with Crippen molar-refractivity contribution in [2.24, 2.45) is 0 Å². The summed E-state index contributed by atoms with van der Waals surface area (Å²) >= 11 is 6.21. The third kappa shape index (κ3) is 3.67. The monoisotopic (exact) mass is 356 g/mol. The van der Waals surface area contributed by atoms with Gasteiger partial charge in [0.2, 0.25) is 0 Å². The van der Waals surface area contributed by atoms with Gasteiger partial charge in [0.25, 0.3) is 5.56 Å². The zero-order valence-electron chi connectivity index (χ0n) is 14.6. The van der Waals surface area contributed by atoms with Crippen molar-refractivity contribution in [3.63, 3.8) is 0 Å². The van der Waals surface area contributed by atoms with Crippen LogP contribution in [0.25, 0.3) is 16.6 Å². The van der Waals surface area contributed by atoms with Crippen LogP contribution in [0.15, 0.2) is 53.6 Å². The number of benzene rings is 2. The fourth-order valence-electron chi connectivity index (χ4n) is 2.65. The van der Waals surface area contributed by atoms with E-state index in [1.54, 1.807) is 12.1 Å². The molecule has 130 valence electrons. The number of para-hydroxylation sites is 1. The second-order valence-corrected chi connectivity index (χ2v) is 6.70. The molecule has 3 rings (SSSR count). The number of rotatable bonds is 5. The minimum Gasteiger partial charge on any atom is -0.373 e. The van der Waals surface area contributed by atoms with Crippen molar-refractivity contribution in [2.45, 2.75) is 0 Å². The van der Waals surface area contributed by atoms with Crippen LogP contribution >= 0.6 is 11.6 Å². The average Bonchev–Trinajstić information content (AvgIpc) is 2.60. The fraction of sp³-hybridized carbons (Fsp3) is 0.263. The van der Waals surface area contributed by atoms with Crippen molar-refractivity contribution < 1.29 is 0 Å². The number of hydrogen-bond acceptors (Lipinski definition) is 4. The maximum absolute atomic E-state index is 12.8. The normalized spacial score (nSPS) is 11.2. The molecule has 0 bridgehead atoms. The largest absolute Gasteiger partial charge is 0.373 e. The minimum atomic E-state index is -0.124. The lowest BCUT2D eigenvalue weighted by Crippen LogP contribution is -2.28. The van der Waals surface area contributed by atoms with Crippen LogP contribution in [-0.2, 0) is 0 Å². The highest BCUT2D eigenvalue weighted by Gasteiger charge is 2.10. The van der Waals surface area contributed by atoms with Crippen LogP contribution in [0.2, 0.25) is 5.02 Å². The Morgan fingerprint density at radius 3 is 2.56 bits per heavy atom. The van der Waals surface area contributed by atoms with E-state index in [1.165, 1.54) is 10.9 Å². The molecule has 1 heterocycles. The number of fused-ring (bicyclic) bond motifs is 1. The Morgan fingerprint density at radius 1 is 1.08 bits per heavy atom. The van der Waals surface area contributed by atoms with Crippen LogP contribution in [0.4, 0.5) is 5.69 Å². The summed E-state index contributed by atoms with van der Waals surface area (Å²) in [5.41, 5.74) is 2.23. The first-order valence-electron chi connectivity index (χ1n) is 8.09. The van der Waals surface area contributed by atoms with Crippen LogP contribution in [0, 0.1) is 0 Å². The van der Waals surface area contributed by atoms with E-state index in [-0.39, 0.29) is 5.56 Å². The maximum atomic E-state index is 12.8. The van der Waals surface area contributed by atoms with E-state index in [4.69, 9.17) is 11.6 Å². The van der Waals surface area contributed by atoms with Gasteiger partial charge in [0.05, 0.1) is 21.6 Å². The van der Waals surface area contributed by atoms with Crippen molar-refractivity contribution in [1.82, 2.24) is 14.5 Å². The maximum Gasteiger partial charge on any atom is 0.265 e. The van der Waals surface area contributed by atoms with Gasteiger partial charge in [0.1, 0.15) is 6.33 Å². The van der Waals surface area contributed by atoms with Crippen LogP contribution in [0.3, 0.4) is 0 Å². The molecular weight excluding hydrogens is 336 g/mol. The summed E-state index contributed by atoms with van der Waals surface area (Å²) in [7, 11) is 6.13. The Hall–Kier alpha value is -2.37. The summed E-state index contributed by atoms with van der Waals surface area (Å²) in [5.74, 6) is 0. The molecule has 0 saturated carbocycles. The predicted molar refractivity (Wildman–Crippen MR) is 104 cm³/mol. The molecule has 0 aliphatic heterocycles. The van der Waals surface area contributed by atoms with Gasteiger partial charge < -0.3 is 9.80 Å². The molecule has 6 heteroatoms. The van der Waals surface area contributed by atoms with Crippen LogP contribution in [0.1, 0.15) is 0 Å². The first kappa shape index (κ1) is 17.5. The van der Waals surface area contributed by atoms with Gasteiger partial charge in [0.15, 0.2) is 0 Å². The standard InChI is InChI=1S/C19H21ClN4O/c1-22(2)10-11-23(3)14-8-9-15-17(12-14)21-13-24(19(15)25)18-7-5-4-6-16(18)20/h4-9,12-13H,10-11H2,1-3H3. The molecule has 0 unspecified atom stereocenters. The van der Waals surface area contributed by atoms with Gasteiger partial charge in [-0.05, 0) is 44.4 Å². The van der Waals surface area contributed by atoms with Crippen molar-refractivity contribution in [2.75, 3.05) is 39.1 Å². The molecule has 0 fully saturated rings. The van der Waals surface area contributed by atoms with Crippen molar-refractivity contribution >= 4 is 28.2 Å². The Morgan fingerprint density at radius 2 is 1.84 bits per heavy atom. The number of aromatic nitrogens is 2. The third-order valence-electron chi connectivity index (χ3n) is 4.18. The SMILES string of the molecule is CN(C)CCN(C)c1ccc2c(=O)n(-c3ccccc3Cl)cnc2c1. The highest BCUT2D eigenvalue weighted by molar-refractivity contribution is 6.32. The first-order chi connectivity index (χ1) is 12.0. The molecule has 0 aliphatic rings. The highest BCUT2D eigenvalue weighted by atomic mass is 35.5. The minimum absolute atomic E-state index is 0.124. The Balaban J connectivity index is 2.00. The van der Waals surface area contributed by atoms with Crippen LogP contribution < -0.4 is 10.5 Å². The van der Waals surface area contributed by atoms with E-state index in [0.29, 0.717) is 21.6 Å². The second kappa shape index (κ2) is 7.25. The molecule has 0 spiro atoms. The average molecular weight is 357 g/mol. The fourth-order valence-corrected chi connectivity index (χ4v) is 2.87. The van der Waals surface area contributed by atoms with Gasteiger partial charge in [0, 0.05) is 25.8 Å². The topological polar surface area (TPSA) is 41.4 Å². The van der Waals surface area contributed by atoms with Gasteiger partial charge in [-0.2, -0.15) is 0 Å². The number of nitrogens with zero attached hydrogens (tertiary/aromatic N) is 4. The zero-order chi connectivity index (χ0) is 18.0. The molecule has 0 amide bonds. The van der Waals surface area contributed by atoms with E-state index in [0.717, 1.165) is 18.8 Å². The van der Waals surface area contributed by atoms with Gasteiger partial charge in [-0.15, -0.1) is 0 Å². The molecular formula is C19H21ClN4O. The number of halogens is 1. The molecule has 0 N–H and O–H groups in total. The molecule has 2 aromatic carbocycles. The van der Waals surface area contributed by atoms with E-state index in [9.17, 15) is 4.79 Å². The van der Waals surface area contributed by atoms with Crippen LogP contribution in [0.5, 0.6) is 0 Å². The van der Waals surface area contributed by atoms with Crippen LogP contribution in [-0.4, -0.2) is 48.7 Å². The molecule has 25 heavy (non-hydrogen) atoms. The lowest BCUT2D eigenvalue weighted by atomic mass is 10.2. The summed E-state index contributed by atoms with van der Waals surface area (Å²) in [6.07, 6.45) is 1.54. The van der Waals surface area contributed by atoms with E-state index in [2.05, 4.69) is 14.8 Å². The van der Waals surface area contributed by atoms with Gasteiger partial charge in [-0.25, -0.2) is 4.98 Å². The van der Waals surface area contributed by atoms with E-state index in [1.807, 2.05) is 51.5 Å². The van der Waals surface area contributed by atoms with Gasteiger partial charge >= 0.3 is 0 Å². The Bertz CT molecular complexity index is 952. The van der Waals surface area contributed by atoms with Crippen molar-refractivity contribution in [1.29, 1.82) is 0 Å².